The van der Waals surface area contributed by atoms with Crippen molar-refractivity contribution in [3.8, 4) is 34.0 Å². The summed E-state index contributed by atoms with van der Waals surface area (Å²) in [4.78, 5) is 15.4. The second kappa shape index (κ2) is 11.7. The van der Waals surface area contributed by atoms with Gasteiger partial charge in [0.1, 0.15) is 11.6 Å². The summed E-state index contributed by atoms with van der Waals surface area (Å²) < 4.78 is 4.48. The van der Waals surface area contributed by atoms with Crippen molar-refractivity contribution in [3.63, 3.8) is 0 Å². The van der Waals surface area contributed by atoms with Gasteiger partial charge in [0.2, 0.25) is 0 Å². The fourth-order valence-corrected chi connectivity index (χ4v) is 7.50. The number of pyridine rings is 1. The zero-order valence-electron chi connectivity index (χ0n) is 27.3. The molecule has 0 aliphatic heterocycles. The fourth-order valence-electron chi connectivity index (χ4n) is 7.50. The van der Waals surface area contributed by atoms with Crippen molar-refractivity contribution in [2.45, 2.75) is 13.8 Å². The molecule has 4 aromatic heterocycles. The van der Waals surface area contributed by atoms with Crippen molar-refractivity contribution in [3.05, 3.63) is 157 Å². The molecule has 0 aliphatic rings. The minimum Gasteiger partial charge on any atom is -0.656 e. The quantitative estimate of drug-likeness (QED) is 0.166. The van der Waals surface area contributed by atoms with Gasteiger partial charge in [-0.25, -0.2) is 9.97 Å². The van der Waals surface area contributed by atoms with Crippen molar-refractivity contribution in [1.82, 2.24) is 24.1 Å². The van der Waals surface area contributed by atoms with E-state index in [0.29, 0.717) is 0 Å². The van der Waals surface area contributed by atoms with Crippen LogP contribution in [0.1, 0.15) is 11.1 Å². The van der Waals surface area contributed by atoms with Crippen LogP contribution in [0.15, 0.2) is 140 Å². The number of aromatic nitrogens is 5. The van der Waals surface area contributed by atoms with Gasteiger partial charge in [0.05, 0.1) is 11.0 Å². The van der Waals surface area contributed by atoms with Gasteiger partial charge in [0, 0.05) is 23.0 Å². The minimum absolute atomic E-state index is 0. The second-order valence-electron chi connectivity index (χ2n) is 12.7. The maximum Gasteiger partial charge on any atom is 2.00 e. The third kappa shape index (κ3) is 4.50. The molecule has 0 saturated carbocycles. The third-order valence-corrected chi connectivity index (χ3v) is 9.73. The smallest absolute Gasteiger partial charge is 0.656 e. The van der Waals surface area contributed by atoms with E-state index in [1.165, 1.54) is 27.3 Å². The molecule has 6 aromatic carbocycles. The van der Waals surface area contributed by atoms with Gasteiger partial charge >= 0.3 is 21.1 Å². The molecule has 0 unspecified atom stereocenters. The van der Waals surface area contributed by atoms with E-state index in [1.807, 2.05) is 24.4 Å². The van der Waals surface area contributed by atoms with Crippen LogP contribution in [0.25, 0.3) is 88.7 Å². The Hall–Kier alpha value is -5.77. The van der Waals surface area contributed by atoms with Gasteiger partial charge < -0.3 is 9.55 Å². The van der Waals surface area contributed by atoms with Gasteiger partial charge in [-0.15, -0.1) is 34.8 Å². The van der Waals surface area contributed by atoms with Crippen molar-refractivity contribution in [2.75, 3.05) is 0 Å². The molecule has 5 nitrogen and oxygen atoms in total. The van der Waals surface area contributed by atoms with E-state index in [-0.39, 0.29) is 21.1 Å². The summed E-state index contributed by atoms with van der Waals surface area (Å²) in [5, 5.41) is 4.67. The van der Waals surface area contributed by atoms with E-state index in [0.717, 1.165) is 72.5 Å². The van der Waals surface area contributed by atoms with Gasteiger partial charge in [0.25, 0.3) is 0 Å². The number of imidazole rings is 1. The van der Waals surface area contributed by atoms with Crippen LogP contribution in [0.4, 0.5) is 0 Å². The van der Waals surface area contributed by atoms with Crippen LogP contribution in [0.3, 0.4) is 0 Å². The minimum atomic E-state index is 0. The Bertz CT molecular complexity index is 2900. The number of aryl methyl sites for hydroxylation is 2. The summed E-state index contributed by atoms with van der Waals surface area (Å²) >= 11 is 0. The van der Waals surface area contributed by atoms with Crippen LogP contribution in [0.2, 0.25) is 0 Å². The Labute approximate surface area is 303 Å². The van der Waals surface area contributed by atoms with E-state index in [1.54, 1.807) is 0 Å². The molecular weight excluding hydrogens is 794 g/mol. The maximum absolute atomic E-state index is 5.49. The summed E-state index contributed by atoms with van der Waals surface area (Å²) in [7, 11) is 0. The first-order valence-corrected chi connectivity index (χ1v) is 16.5. The van der Waals surface area contributed by atoms with E-state index in [4.69, 9.17) is 15.0 Å². The average Bonchev–Trinajstić information content (AvgIpc) is 3.82. The van der Waals surface area contributed by atoms with Crippen molar-refractivity contribution in [2.24, 2.45) is 0 Å². The number of hydrogen-bond acceptors (Lipinski definition) is 2. The largest absolute Gasteiger partial charge is 2.00 e. The molecule has 0 aliphatic carbocycles. The Morgan fingerprint density at radius 2 is 1.44 bits per heavy atom. The van der Waals surface area contributed by atoms with E-state index >= 15 is 0 Å². The SMILES string of the molecule is Cc1ccc2c(c1)[n-]c1c(-c3nc4c(-c5[c-]c6c(cc5)c5ccccc5n6-c5ccccn5)cccc4n3-c3ccccc3)ccc(C)c12.[Pt+2]. The average molecular weight is 823 g/mol. The van der Waals surface area contributed by atoms with Crippen LogP contribution >= 0.6 is 0 Å². The summed E-state index contributed by atoms with van der Waals surface area (Å²) in [5.41, 5.74) is 12.5. The first kappa shape index (κ1) is 30.3. The number of benzene rings is 6. The fraction of sp³-hybridized carbons (Fsp3) is 0.0455. The number of fused-ring (bicyclic) bond motifs is 7. The normalized spacial score (nSPS) is 11.6. The first-order chi connectivity index (χ1) is 24.1. The predicted octanol–water partition coefficient (Wildman–Crippen LogP) is 10.5. The summed E-state index contributed by atoms with van der Waals surface area (Å²) in [5.74, 6) is 1.73. The van der Waals surface area contributed by atoms with Crippen LogP contribution < -0.4 is 4.98 Å². The van der Waals surface area contributed by atoms with Crippen molar-refractivity contribution in [1.29, 1.82) is 0 Å². The zero-order chi connectivity index (χ0) is 32.6. The Morgan fingerprint density at radius 3 is 2.30 bits per heavy atom. The molecular formula is C44H29N5Pt. The number of nitrogens with zero attached hydrogens (tertiary/aromatic N) is 5. The molecule has 0 atom stereocenters. The van der Waals surface area contributed by atoms with Gasteiger partial charge in [-0.3, -0.25) is 4.57 Å². The molecule has 0 bridgehead atoms. The van der Waals surface area contributed by atoms with Crippen LogP contribution in [0.5, 0.6) is 0 Å². The third-order valence-electron chi connectivity index (χ3n) is 9.73. The molecule has 240 valence electrons. The van der Waals surface area contributed by atoms with Gasteiger partial charge in [-0.2, -0.15) is 0 Å². The molecule has 0 radical (unpaired) electrons. The Morgan fingerprint density at radius 1 is 0.640 bits per heavy atom. The summed E-state index contributed by atoms with van der Waals surface area (Å²) in [6, 6.07) is 50.6. The Balaban J connectivity index is 0.00000336. The maximum atomic E-state index is 5.49. The first-order valence-electron chi connectivity index (χ1n) is 16.5. The molecule has 10 aromatic rings. The van der Waals surface area contributed by atoms with Gasteiger partial charge in [-0.05, 0) is 77.5 Å². The van der Waals surface area contributed by atoms with E-state index in [2.05, 4.69) is 144 Å². The predicted molar refractivity (Wildman–Crippen MR) is 201 cm³/mol. The molecule has 50 heavy (non-hydrogen) atoms. The molecule has 0 saturated heterocycles. The molecule has 0 amide bonds. The van der Waals surface area contributed by atoms with Crippen LogP contribution in [0, 0.1) is 19.9 Å². The number of rotatable bonds is 4. The molecule has 0 spiro atoms. The van der Waals surface area contributed by atoms with Crippen LogP contribution in [-0.4, -0.2) is 19.1 Å². The van der Waals surface area contributed by atoms with Crippen molar-refractivity contribution < 1.29 is 21.1 Å². The van der Waals surface area contributed by atoms with Crippen LogP contribution in [-0.2, 0) is 21.1 Å². The van der Waals surface area contributed by atoms with Gasteiger partial charge in [-0.1, -0.05) is 101 Å². The van der Waals surface area contributed by atoms with Crippen molar-refractivity contribution >= 4 is 54.6 Å². The standard InChI is InChI=1S/C44H29N5.Pt/c1-27-18-21-34-36(25-27)46-43-35(22-19-28(2)41(34)43)44-47-42-31(14-10-16-38(42)48(44)30-11-4-3-5-12-30)29-20-23-33-32-13-6-7-15-37(32)49(39(33)26-29)40-17-8-9-24-45-40;/h3-25H,1-2H3;/q-2;+2. The van der Waals surface area contributed by atoms with E-state index in [9.17, 15) is 0 Å². The molecule has 0 fully saturated rings. The molecule has 4 heterocycles. The topological polar surface area (TPSA) is 49.7 Å². The number of hydrogen-bond donors (Lipinski definition) is 0. The summed E-state index contributed by atoms with van der Waals surface area (Å²) in [6.07, 6.45) is 1.84. The second-order valence-corrected chi connectivity index (χ2v) is 12.7. The monoisotopic (exact) mass is 822 g/mol. The Kier molecular flexibility index (Phi) is 7.08. The molecule has 6 heteroatoms. The molecule has 0 N–H and O–H groups in total. The summed E-state index contributed by atoms with van der Waals surface area (Å²) in [6.45, 7) is 4.29. The van der Waals surface area contributed by atoms with E-state index < -0.39 is 0 Å². The zero-order valence-corrected chi connectivity index (χ0v) is 29.6. The molecule has 10 rings (SSSR count). The number of para-hydroxylation sites is 3. The van der Waals surface area contributed by atoms with Gasteiger partial charge in [0.15, 0.2) is 0 Å².